The van der Waals surface area contributed by atoms with E-state index in [0.29, 0.717) is 15.1 Å². The number of rotatable bonds is 6. The van der Waals surface area contributed by atoms with Crippen LogP contribution in [0.5, 0.6) is 0 Å². The minimum absolute atomic E-state index is 0. The number of benzene rings is 4. The largest absolute Gasteiger partial charge is 3.00 e. The van der Waals surface area contributed by atoms with Crippen LogP contribution in [-0.2, 0) is 0 Å². The van der Waals surface area contributed by atoms with Crippen LogP contribution in [0.1, 0.15) is 31.1 Å². The maximum absolute atomic E-state index is 11.8. The zero-order valence-electron chi connectivity index (χ0n) is 31.0. The molecule has 4 aromatic carbocycles. The summed E-state index contributed by atoms with van der Waals surface area (Å²) < 4.78 is 107. The molecule has 0 atom stereocenters. The number of hydrogen-bond acceptors (Lipinski definition) is 8. The van der Waals surface area contributed by atoms with Crippen molar-refractivity contribution in [3.63, 3.8) is 0 Å². The van der Waals surface area contributed by atoms with Crippen LogP contribution in [0.4, 0.5) is 39.5 Å². The molecule has 6 aromatic rings. The number of carbonyl (C=O) groups excluding carboxylic acids is 3. The quantitative estimate of drug-likeness (QED) is 0.0527. The number of pyridine rings is 2. The van der Waals surface area contributed by atoms with Crippen molar-refractivity contribution in [1.29, 1.82) is 0 Å². The number of aromatic nitrogens is 2. The maximum atomic E-state index is 11.8. The van der Waals surface area contributed by atoms with Crippen molar-refractivity contribution in [2.75, 3.05) is 0 Å². The van der Waals surface area contributed by atoms with Gasteiger partial charge in [-0.3, -0.25) is 24.4 Å². The summed E-state index contributed by atoms with van der Waals surface area (Å²) in [5.74, 6) is -9.52. The van der Waals surface area contributed by atoms with Crippen LogP contribution in [0.15, 0.2) is 157 Å². The third-order valence-electron chi connectivity index (χ3n) is 7.36. The number of fused-ring (bicyclic) bond motifs is 3. The van der Waals surface area contributed by atoms with Crippen molar-refractivity contribution in [2.24, 2.45) is 0 Å². The Kier molecular flexibility index (Phi) is 20.9. The molecule has 6 rings (SSSR count). The third-order valence-corrected chi connectivity index (χ3v) is 8.11. The molecule has 0 saturated heterocycles. The van der Waals surface area contributed by atoms with Crippen LogP contribution in [0.3, 0.4) is 0 Å². The van der Waals surface area contributed by atoms with Crippen molar-refractivity contribution >= 4 is 74.0 Å². The monoisotopic (exact) mass is 1080 g/mol. The van der Waals surface area contributed by atoms with Gasteiger partial charge in [0.15, 0.2) is 17.3 Å². The van der Waals surface area contributed by atoms with E-state index in [0.717, 1.165) is 21.8 Å². The van der Waals surface area contributed by atoms with E-state index in [1.54, 1.807) is 12.4 Å². The second-order valence-electron chi connectivity index (χ2n) is 11.8. The molecule has 0 aliphatic heterocycles. The Bertz CT molecular complexity index is 2350. The summed E-state index contributed by atoms with van der Waals surface area (Å²) >= 11 is 16.6. The molecule has 0 spiro atoms. The van der Waals surface area contributed by atoms with E-state index < -0.39 is 53.2 Å². The van der Waals surface area contributed by atoms with Crippen LogP contribution in [0.2, 0.25) is 15.1 Å². The van der Waals surface area contributed by atoms with Crippen molar-refractivity contribution in [1.82, 2.24) is 9.97 Å². The van der Waals surface area contributed by atoms with Crippen molar-refractivity contribution in [3.8, 4) is 0 Å². The van der Waals surface area contributed by atoms with Crippen LogP contribution >= 0.6 is 34.8 Å². The Morgan fingerprint density at radius 2 is 0.667 bits per heavy atom. The molecule has 2 heterocycles. The zero-order chi connectivity index (χ0) is 46.4. The molecular weight excluding hydrogens is 1060 g/mol. The summed E-state index contributed by atoms with van der Waals surface area (Å²) in [6.07, 6.45) is -11.4. The van der Waals surface area contributed by atoms with Gasteiger partial charge in [-0.1, -0.05) is 59.1 Å². The van der Waals surface area contributed by atoms with Gasteiger partial charge in [-0.15, -0.1) is 0 Å². The van der Waals surface area contributed by atoms with Gasteiger partial charge in [0, 0.05) is 54.9 Å². The zero-order valence-corrected chi connectivity index (χ0v) is 35.7. The molecule has 0 aliphatic carbocycles. The average Bonchev–Trinajstić information content (AvgIpc) is 3.21. The fourth-order valence-corrected chi connectivity index (χ4v) is 4.75. The molecule has 0 saturated carbocycles. The molecule has 0 fully saturated rings. The van der Waals surface area contributed by atoms with E-state index in [2.05, 4.69) is 34.2 Å². The number of ketones is 3. The van der Waals surface area contributed by atoms with Crippen LogP contribution in [0, 0.1) is 49.4 Å². The molecule has 0 unspecified atom stereocenters. The van der Waals surface area contributed by atoms with E-state index in [1.165, 1.54) is 72.8 Å². The Morgan fingerprint density at radius 1 is 0.429 bits per heavy atom. The van der Waals surface area contributed by atoms with Gasteiger partial charge in [0.05, 0.1) is 11.0 Å². The van der Waals surface area contributed by atoms with Gasteiger partial charge in [-0.25, -0.2) is 0 Å². The van der Waals surface area contributed by atoms with E-state index in [4.69, 9.17) is 34.8 Å². The average molecular weight is 1080 g/mol. The SMILES string of the molecule is O=C(/C=C(\[O-])C(F)(F)F)c1ccc(Cl)cc1.O=C(/C=C(\[O-])C(F)(F)F)c1ccc(Cl)cc1.O=C(/C=C(\[O-])C(F)(F)F)c1ccc(Cl)cc1.[Eu+3].c1cnc2c(c1)ccc1cccnc12. The van der Waals surface area contributed by atoms with Gasteiger partial charge in [-0.2, -0.15) is 39.5 Å². The van der Waals surface area contributed by atoms with E-state index >= 15 is 0 Å². The number of halogens is 12. The van der Waals surface area contributed by atoms with E-state index in [9.17, 15) is 69.2 Å². The normalized spacial score (nSPS) is 12.0. The summed E-state index contributed by atoms with van der Waals surface area (Å²) in [4.78, 5) is 42.3. The Hall–Kier alpha value is -4.85. The van der Waals surface area contributed by atoms with Crippen molar-refractivity contribution < 1.29 is 119 Å². The first-order valence-corrected chi connectivity index (χ1v) is 17.9. The smallest absolute Gasteiger partial charge is 0.869 e. The minimum Gasteiger partial charge on any atom is -0.869 e. The number of alkyl halides is 9. The third kappa shape index (κ3) is 18.0. The predicted octanol–water partition coefficient (Wildman–Crippen LogP) is 9.77. The molecule has 21 heteroatoms. The molecule has 0 radical (unpaired) electrons. The minimum atomic E-state index is -5.03. The van der Waals surface area contributed by atoms with Crippen molar-refractivity contribution in [3.05, 3.63) is 189 Å². The van der Waals surface area contributed by atoms with Gasteiger partial charge < -0.3 is 15.3 Å². The fourth-order valence-electron chi connectivity index (χ4n) is 4.37. The van der Waals surface area contributed by atoms with E-state index in [-0.39, 0.29) is 84.3 Å². The topological polar surface area (TPSA) is 146 Å². The number of carbonyl (C=O) groups is 3. The molecule has 0 amide bonds. The van der Waals surface area contributed by atoms with Gasteiger partial charge in [0.2, 0.25) is 0 Å². The van der Waals surface area contributed by atoms with Gasteiger partial charge in [0.1, 0.15) is 0 Å². The first kappa shape index (κ1) is 54.3. The molecule has 63 heavy (non-hydrogen) atoms. The summed E-state index contributed by atoms with van der Waals surface area (Å²) in [6, 6.07) is 27.7. The molecule has 8 nitrogen and oxygen atoms in total. The molecule has 328 valence electrons. The van der Waals surface area contributed by atoms with Gasteiger partial charge in [-0.05, 0) is 120 Å². The fraction of sp³-hybridized carbons (Fsp3) is 0.0714. The predicted molar refractivity (Wildman–Crippen MR) is 207 cm³/mol. The molecular formula is C42H23Cl3EuF9N2O6. The Morgan fingerprint density at radius 3 is 0.889 bits per heavy atom. The Balaban J connectivity index is 0.000000288. The number of nitrogens with zero attached hydrogens (tertiary/aromatic N) is 2. The van der Waals surface area contributed by atoms with Gasteiger partial charge in [0.25, 0.3) is 0 Å². The first-order chi connectivity index (χ1) is 28.9. The molecule has 2 aromatic heterocycles. The van der Waals surface area contributed by atoms with E-state index in [1.807, 2.05) is 12.1 Å². The second kappa shape index (κ2) is 24.3. The van der Waals surface area contributed by atoms with Crippen LogP contribution in [0.25, 0.3) is 21.8 Å². The summed E-state index contributed by atoms with van der Waals surface area (Å²) in [5.41, 5.74) is 1.88. The first-order valence-electron chi connectivity index (χ1n) is 16.7. The van der Waals surface area contributed by atoms with Gasteiger partial charge >= 0.3 is 67.9 Å². The Labute approximate surface area is 406 Å². The summed E-state index contributed by atoms with van der Waals surface area (Å²) in [5, 5.41) is 34.8. The maximum Gasteiger partial charge on any atom is 3.00 e. The van der Waals surface area contributed by atoms with Crippen molar-refractivity contribution in [2.45, 2.75) is 18.5 Å². The summed E-state index contributed by atoms with van der Waals surface area (Å²) in [7, 11) is 0. The van der Waals surface area contributed by atoms with Crippen LogP contribution < -0.4 is 15.3 Å². The number of allylic oxidation sites excluding steroid dienone is 6. The molecule has 0 aliphatic rings. The van der Waals surface area contributed by atoms with Crippen LogP contribution in [-0.4, -0.2) is 45.8 Å². The summed E-state index contributed by atoms with van der Waals surface area (Å²) in [6.45, 7) is 0. The number of hydrogen-bond donors (Lipinski definition) is 0. The molecule has 0 N–H and O–H groups in total. The second-order valence-corrected chi connectivity index (χ2v) is 13.2. The molecule has 0 bridgehead atoms. The standard InChI is InChI=1S/C12H8N2.3C10H6ClF3O2.Eu/c1-3-9-5-6-10-4-2-8-14-12(10)11(9)13-7-1;3*11-7-3-1-6(2-4-7)8(15)5-9(16)10(12,13)14;/h1-8H;3*1-5,16H;/q;;;;+3/p-3/b;3*9-5-;.